The minimum atomic E-state index is -0.221. The maximum atomic E-state index is 12.5. The van der Waals surface area contributed by atoms with E-state index >= 15 is 0 Å². The number of fused-ring (bicyclic) bond motifs is 2. The van der Waals surface area contributed by atoms with E-state index in [0.29, 0.717) is 18.1 Å². The van der Waals surface area contributed by atoms with E-state index < -0.39 is 0 Å². The van der Waals surface area contributed by atoms with Crippen LogP contribution in [0.2, 0.25) is 0 Å². The van der Waals surface area contributed by atoms with Crippen molar-refractivity contribution >= 4 is 45.7 Å². The van der Waals surface area contributed by atoms with Crippen LogP contribution >= 0.6 is 0 Å². The van der Waals surface area contributed by atoms with Crippen molar-refractivity contribution in [2.45, 2.75) is 6.61 Å². The summed E-state index contributed by atoms with van der Waals surface area (Å²) in [5, 5.41) is 15.0. The molecule has 0 saturated heterocycles. The lowest BCUT2D eigenvalue weighted by Gasteiger charge is -2.11. The maximum Gasteiger partial charge on any atom is 0.248 e. The standard InChI is InChI=1S/C29H24N8O2/c1-36-13-2-3-23(36)9-11-28(38)33-22-8-10-26-25(15-22)29(31-18-30-26)34-21-6-4-20(5-7-21)17-39-24-12-14-37-19-32-35-27(37)16-24/h2-16,18-19H,17H2,1H3,(H,33,38)(H,30,31,34)/b11-9+. The molecule has 2 aromatic carbocycles. The molecule has 192 valence electrons. The molecule has 0 spiro atoms. The first-order valence-corrected chi connectivity index (χ1v) is 12.2. The first-order valence-electron chi connectivity index (χ1n) is 12.2. The highest BCUT2D eigenvalue weighted by molar-refractivity contribution is 6.03. The molecule has 0 aliphatic heterocycles. The Morgan fingerprint density at radius 2 is 1.87 bits per heavy atom. The average molecular weight is 517 g/mol. The van der Waals surface area contributed by atoms with Gasteiger partial charge in [0.05, 0.1) is 5.52 Å². The molecule has 4 heterocycles. The van der Waals surface area contributed by atoms with E-state index in [2.05, 4.69) is 30.8 Å². The van der Waals surface area contributed by atoms with Crippen molar-refractivity contribution in [1.29, 1.82) is 0 Å². The van der Waals surface area contributed by atoms with Gasteiger partial charge >= 0.3 is 0 Å². The van der Waals surface area contributed by atoms with Gasteiger partial charge in [-0.15, -0.1) is 10.2 Å². The van der Waals surface area contributed by atoms with Crippen LogP contribution in [-0.2, 0) is 18.4 Å². The molecule has 39 heavy (non-hydrogen) atoms. The van der Waals surface area contributed by atoms with Gasteiger partial charge in [0.1, 0.15) is 30.8 Å². The van der Waals surface area contributed by atoms with E-state index in [1.807, 2.05) is 95.1 Å². The fourth-order valence-electron chi connectivity index (χ4n) is 4.10. The first-order chi connectivity index (χ1) is 19.1. The topological polar surface area (TPSA) is 111 Å². The zero-order valence-electron chi connectivity index (χ0n) is 21.0. The molecular formula is C29H24N8O2. The first kappa shape index (κ1) is 23.9. The van der Waals surface area contributed by atoms with Crippen LogP contribution in [0.15, 0.2) is 97.9 Å². The quantitative estimate of drug-likeness (QED) is 0.274. The molecule has 0 radical (unpaired) electrons. The minimum absolute atomic E-state index is 0.221. The van der Waals surface area contributed by atoms with Crippen molar-refractivity contribution in [3.63, 3.8) is 0 Å². The van der Waals surface area contributed by atoms with Gasteiger partial charge in [0.2, 0.25) is 5.91 Å². The number of anilines is 3. The number of hydrogen-bond acceptors (Lipinski definition) is 7. The fourth-order valence-corrected chi connectivity index (χ4v) is 4.10. The van der Waals surface area contributed by atoms with E-state index in [9.17, 15) is 4.79 Å². The third kappa shape index (κ3) is 5.44. The van der Waals surface area contributed by atoms with Crippen molar-refractivity contribution in [1.82, 2.24) is 29.1 Å². The molecule has 1 amide bonds. The Kier molecular flexibility index (Phi) is 6.40. The van der Waals surface area contributed by atoms with Gasteiger partial charge in [-0.1, -0.05) is 12.1 Å². The lowest BCUT2D eigenvalue weighted by Crippen LogP contribution is -2.08. The SMILES string of the molecule is Cn1cccc1/C=C/C(=O)Nc1ccc2ncnc(Nc3ccc(COc4ccn5cnnc5c4)cc3)c2c1. The number of aromatic nitrogens is 6. The van der Waals surface area contributed by atoms with Crippen molar-refractivity contribution in [3.05, 3.63) is 109 Å². The van der Waals surface area contributed by atoms with Gasteiger partial charge < -0.3 is 19.9 Å². The Bertz CT molecular complexity index is 1800. The van der Waals surface area contributed by atoms with Crippen LogP contribution in [0.1, 0.15) is 11.3 Å². The summed E-state index contributed by atoms with van der Waals surface area (Å²) in [6.07, 6.45) is 10.2. The van der Waals surface area contributed by atoms with E-state index in [-0.39, 0.29) is 5.91 Å². The molecule has 10 nitrogen and oxygen atoms in total. The number of benzene rings is 2. The molecule has 2 N–H and O–H groups in total. The molecule has 0 aliphatic carbocycles. The van der Waals surface area contributed by atoms with Gasteiger partial charge in [0, 0.05) is 54.0 Å². The van der Waals surface area contributed by atoms with Gasteiger partial charge in [0.15, 0.2) is 5.65 Å². The molecular weight excluding hydrogens is 492 g/mol. The summed E-state index contributed by atoms with van der Waals surface area (Å²) < 4.78 is 9.67. The predicted octanol–water partition coefficient (Wildman–Crippen LogP) is 4.99. The van der Waals surface area contributed by atoms with Gasteiger partial charge in [-0.05, 0) is 60.2 Å². The van der Waals surface area contributed by atoms with Crippen LogP contribution < -0.4 is 15.4 Å². The van der Waals surface area contributed by atoms with E-state index in [4.69, 9.17) is 4.74 Å². The second kappa shape index (κ2) is 10.5. The van der Waals surface area contributed by atoms with Crippen LogP contribution in [0, 0.1) is 0 Å². The van der Waals surface area contributed by atoms with Crippen LogP contribution in [-0.4, -0.2) is 35.0 Å². The minimum Gasteiger partial charge on any atom is -0.489 e. The second-order valence-corrected chi connectivity index (χ2v) is 8.89. The highest BCUT2D eigenvalue weighted by Crippen LogP contribution is 2.26. The number of aryl methyl sites for hydroxylation is 1. The van der Waals surface area contributed by atoms with Crippen molar-refractivity contribution in [2.24, 2.45) is 7.05 Å². The molecule has 6 aromatic rings. The Morgan fingerprint density at radius 1 is 1.00 bits per heavy atom. The monoisotopic (exact) mass is 516 g/mol. The normalized spacial score (nSPS) is 11.3. The van der Waals surface area contributed by atoms with Crippen molar-refractivity contribution in [2.75, 3.05) is 10.6 Å². The van der Waals surface area contributed by atoms with E-state index in [0.717, 1.165) is 39.2 Å². The Hall–Kier alpha value is -5.51. The zero-order valence-corrected chi connectivity index (χ0v) is 21.0. The second-order valence-electron chi connectivity index (χ2n) is 8.89. The number of rotatable bonds is 8. The van der Waals surface area contributed by atoms with Gasteiger partial charge in [-0.3, -0.25) is 9.20 Å². The highest BCUT2D eigenvalue weighted by Gasteiger charge is 2.08. The van der Waals surface area contributed by atoms with Crippen LogP contribution in [0.5, 0.6) is 5.75 Å². The third-order valence-electron chi connectivity index (χ3n) is 6.19. The smallest absolute Gasteiger partial charge is 0.248 e. The van der Waals surface area contributed by atoms with Crippen LogP contribution in [0.3, 0.4) is 0 Å². The van der Waals surface area contributed by atoms with E-state index in [1.54, 1.807) is 12.4 Å². The van der Waals surface area contributed by atoms with Crippen molar-refractivity contribution in [3.8, 4) is 5.75 Å². The molecule has 0 bridgehead atoms. The number of nitrogens with zero attached hydrogens (tertiary/aromatic N) is 6. The lowest BCUT2D eigenvalue weighted by atomic mass is 10.2. The summed E-state index contributed by atoms with van der Waals surface area (Å²) in [6.45, 7) is 0.419. The lowest BCUT2D eigenvalue weighted by molar-refractivity contribution is -0.111. The average Bonchev–Trinajstić information content (AvgIpc) is 3.60. The van der Waals surface area contributed by atoms with Gasteiger partial charge in [-0.25, -0.2) is 9.97 Å². The number of pyridine rings is 1. The van der Waals surface area contributed by atoms with Crippen molar-refractivity contribution < 1.29 is 9.53 Å². The number of carbonyl (C=O) groups is 1. The molecule has 6 rings (SSSR count). The molecule has 10 heteroatoms. The van der Waals surface area contributed by atoms with Crippen LogP contribution in [0.4, 0.5) is 17.2 Å². The summed E-state index contributed by atoms with van der Waals surface area (Å²) in [5.41, 5.74) is 4.97. The molecule has 0 aliphatic rings. The molecule has 0 fully saturated rings. The Morgan fingerprint density at radius 3 is 2.72 bits per heavy atom. The molecule has 0 atom stereocenters. The highest BCUT2D eigenvalue weighted by atomic mass is 16.5. The largest absolute Gasteiger partial charge is 0.489 e. The van der Waals surface area contributed by atoms with Gasteiger partial charge in [0.25, 0.3) is 0 Å². The number of amides is 1. The van der Waals surface area contributed by atoms with Gasteiger partial charge in [-0.2, -0.15) is 0 Å². The van der Waals surface area contributed by atoms with Crippen LogP contribution in [0.25, 0.3) is 22.6 Å². The Labute approximate surface area is 223 Å². The third-order valence-corrected chi connectivity index (χ3v) is 6.19. The summed E-state index contributed by atoms with van der Waals surface area (Å²) in [5.74, 6) is 1.14. The predicted molar refractivity (Wildman–Crippen MR) is 150 cm³/mol. The van der Waals surface area contributed by atoms with E-state index in [1.165, 1.54) is 12.4 Å². The summed E-state index contributed by atoms with van der Waals surface area (Å²) in [6, 6.07) is 21.1. The molecule has 0 saturated carbocycles. The Balaban J connectivity index is 1.13. The summed E-state index contributed by atoms with van der Waals surface area (Å²) >= 11 is 0. The zero-order chi connectivity index (χ0) is 26.6. The number of hydrogen-bond donors (Lipinski definition) is 2. The molecule has 0 unspecified atom stereocenters. The summed E-state index contributed by atoms with van der Waals surface area (Å²) in [7, 11) is 1.93. The number of nitrogens with one attached hydrogen (secondary N) is 2. The summed E-state index contributed by atoms with van der Waals surface area (Å²) in [4.78, 5) is 21.3. The maximum absolute atomic E-state index is 12.5. The fraction of sp³-hybridized carbons (Fsp3) is 0.0690. The number of ether oxygens (including phenoxy) is 1. The molecule has 4 aromatic heterocycles. The number of carbonyl (C=O) groups excluding carboxylic acids is 1.